The molecule has 5 aromatic rings. The van der Waals surface area contributed by atoms with E-state index in [4.69, 9.17) is 19.4 Å². The van der Waals surface area contributed by atoms with Gasteiger partial charge in [0.15, 0.2) is 11.6 Å². The van der Waals surface area contributed by atoms with Crippen LogP contribution in [-0.4, -0.2) is 93.1 Å². The van der Waals surface area contributed by atoms with Gasteiger partial charge in [-0.15, -0.1) is 0 Å². The smallest absolute Gasteiger partial charge is 0.407 e. The van der Waals surface area contributed by atoms with Crippen molar-refractivity contribution in [2.45, 2.75) is 102 Å². The Morgan fingerprint density at radius 2 is 1.16 bits per heavy atom. The summed E-state index contributed by atoms with van der Waals surface area (Å²) in [5.41, 5.74) is 5.49. The van der Waals surface area contributed by atoms with Crippen LogP contribution in [0.25, 0.3) is 22.1 Å². The fourth-order valence-electron chi connectivity index (χ4n) is 9.68. The first-order chi connectivity index (χ1) is 30.3. The highest BCUT2D eigenvalue weighted by Gasteiger charge is 2.40. The summed E-state index contributed by atoms with van der Waals surface area (Å²) in [6.45, 7) is 8.57. The number of carbonyl (C=O) groups excluding carboxylic acids is 4. The summed E-state index contributed by atoms with van der Waals surface area (Å²) in [5.74, 6) is -1.26. The number of hydrogen-bond donors (Lipinski definition) is 4. The molecule has 3 aliphatic rings. The molecule has 8 rings (SSSR count). The number of benzene rings is 3. The Kier molecular flexibility index (Phi) is 12.3. The third-order valence-electron chi connectivity index (χ3n) is 12.9. The van der Waals surface area contributed by atoms with E-state index in [0.717, 1.165) is 52.1 Å². The van der Waals surface area contributed by atoms with Crippen molar-refractivity contribution in [3.63, 3.8) is 0 Å². The number of hydrogen-bond acceptors (Lipinski definition) is 9. The zero-order valence-corrected chi connectivity index (χ0v) is 36.4. The highest BCUT2D eigenvalue weighted by atomic mass is 19.2. The van der Waals surface area contributed by atoms with E-state index >= 15 is 0 Å². The predicted octanol–water partition coefficient (Wildman–Crippen LogP) is 7.89. The largest absolute Gasteiger partial charge is 0.453 e. The average Bonchev–Trinajstić information content (AvgIpc) is 4.12. The standard InChI is InChI=1S/C46H55F2N9O6/c1-24(2)39(53-45(60)62-5)43(58)55-19-7-9-37(55)41-49-31-15-11-26(21-33(31)51-41)35-17-18-36(57(35)28-13-14-29(47)30(48)23-28)27-12-16-32-34(22-27)52-42(50-32)38-10-8-20-56(38)44(59)40(25(3)4)54-46(61)63-6/h11-16,21-25,35-40H,7-10,17-20H2,1-6H3,(H,49,51)(H,50,52)(H,53,60)(H,54,61)/t35-,36-,37+,38+,39+,40+/m1/s1. The first kappa shape index (κ1) is 43.4. The van der Waals surface area contributed by atoms with Crippen molar-refractivity contribution in [2.24, 2.45) is 11.8 Å². The van der Waals surface area contributed by atoms with Crippen LogP contribution in [0, 0.1) is 23.5 Å². The zero-order valence-electron chi connectivity index (χ0n) is 36.4. The van der Waals surface area contributed by atoms with Gasteiger partial charge in [-0.1, -0.05) is 39.8 Å². The van der Waals surface area contributed by atoms with Crippen LogP contribution in [0.15, 0.2) is 54.6 Å². The molecule has 3 saturated heterocycles. The molecule has 4 N–H and O–H groups in total. The van der Waals surface area contributed by atoms with Gasteiger partial charge in [-0.2, -0.15) is 0 Å². The summed E-state index contributed by atoms with van der Waals surface area (Å²) in [6, 6.07) is 13.5. The molecule has 3 aromatic carbocycles. The predicted molar refractivity (Wildman–Crippen MR) is 231 cm³/mol. The number of alkyl carbamates (subject to hydrolysis) is 2. The third kappa shape index (κ3) is 8.48. The molecule has 0 spiro atoms. The van der Waals surface area contributed by atoms with Crippen molar-refractivity contribution in [3.8, 4) is 0 Å². The molecule has 0 radical (unpaired) electrons. The molecule has 15 nitrogen and oxygen atoms in total. The lowest BCUT2D eigenvalue weighted by atomic mass is 10.0. The summed E-state index contributed by atoms with van der Waals surface area (Å²) in [5, 5.41) is 5.39. The van der Waals surface area contributed by atoms with E-state index in [1.165, 1.54) is 20.3 Å². The van der Waals surface area contributed by atoms with Crippen molar-refractivity contribution in [1.29, 1.82) is 0 Å². The molecule has 0 unspecified atom stereocenters. The molecule has 6 atom stereocenters. The van der Waals surface area contributed by atoms with E-state index in [1.807, 2.05) is 64.1 Å². The van der Waals surface area contributed by atoms with Gasteiger partial charge in [-0.25, -0.2) is 28.3 Å². The molecule has 0 bridgehead atoms. The number of carbonyl (C=O) groups is 4. The number of H-pyrrole nitrogens is 2. The van der Waals surface area contributed by atoms with Gasteiger partial charge in [-0.05, 0) is 97.9 Å². The number of amides is 4. The molecular weight excluding hydrogens is 813 g/mol. The van der Waals surface area contributed by atoms with Crippen molar-refractivity contribution in [2.75, 3.05) is 32.2 Å². The van der Waals surface area contributed by atoms with Gasteiger partial charge in [0.1, 0.15) is 23.7 Å². The average molecular weight is 868 g/mol. The monoisotopic (exact) mass is 867 g/mol. The van der Waals surface area contributed by atoms with Crippen LogP contribution in [0.5, 0.6) is 0 Å². The van der Waals surface area contributed by atoms with Gasteiger partial charge in [0.2, 0.25) is 11.8 Å². The van der Waals surface area contributed by atoms with Gasteiger partial charge >= 0.3 is 12.2 Å². The second-order valence-electron chi connectivity index (χ2n) is 17.5. The van der Waals surface area contributed by atoms with E-state index in [-0.39, 0.29) is 47.8 Å². The fraction of sp³-hybridized carbons (Fsp3) is 0.478. The van der Waals surface area contributed by atoms with Gasteiger partial charge in [0, 0.05) is 24.8 Å². The molecular formula is C46H55F2N9O6. The molecule has 4 amide bonds. The second-order valence-corrected chi connectivity index (χ2v) is 17.5. The molecule has 3 fully saturated rings. The minimum absolute atomic E-state index is 0.162. The number of anilines is 1. The summed E-state index contributed by atoms with van der Waals surface area (Å²) in [4.78, 5) is 74.4. The molecule has 5 heterocycles. The van der Waals surface area contributed by atoms with E-state index < -0.39 is 35.9 Å². The van der Waals surface area contributed by atoms with Crippen molar-refractivity contribution in [1.82, 2.24) is 40.4 Å². The number of halogens is 2. The number of nitrogens with zero attached hydrogens (tertiary/aromatic N) is 5. The summed E-state index contributed by atoms with van der Waals surface area (Å²) in [6.07, 6.45) is 3.09. The third-order valence-corrected chi connectivity index (χ3v) is 12.9. The van der Waals surface area contributed by atoms with Crippen LogP contribution in [0.4, 0.5) is 24.1 Å². The van der Waals surface area contributed by atoms with Crippen molar-refractivity contribution >= 4 is 51.8 Å². The van der Waals surface area contributed by atoms with Crippen LogP contribution in [0.1, 0.15) is 113 Å². The quantitative estimate of drug-likeness (QED) is 0.103. The first-order valence-corrected chi connectivity index (χ1v) is 21.8. The number of nitrogens with one attached hydrogen (secondary N) is 4. The Balaban J connectivity index is 1.07. The van der Waals surface area contributed by atoms with Crippen molar-refractivity contribution in [3.05, 3.63) is 89.0 Å². The summed E-state index contributed by atoms with van der Waals surface area (Å²) >= 11 is 0. The lowest BCUT2D eigenvalue weighted by Crippen LogP contribution is -2.51. The fourth-order valence-corrected chi connectivity index (χ4v) is 9.68. The Hall–Kier alpha value is -6.26. The highest BCUT2D eigenvalue weighted by Crippen LogP contribution is 2.48. The van der Waals surface area contributed by atoms with Crippen LogP contribution >= 0.6 is 0 Å². The van der Waals surface area contributed by atoms with Gasteiger partial charge in [0.05, 0.1) is 60.5 Å². The Bertz CT molecular complexity index is 2380. The van der Waals surface area contributed by atoms with Gasteiger partial charge in [0.25, 0.3) is 0 Å². The van der Waals surface area contributed by atoms with E-state index in [2.05, 4.69) is 25.5 Å². The number of aromatic amines is 2. The lowest BCUT2D eigenvalue weighted by molar-refractivity contribution is -0.136. The number of rotatable bonds is 11. The number of aromatic nitrogens is 4. The molecule has 3 aliphatic heterocycles. The number of likely N-dealkylation sites (tertiary alicyclic amines) is 2. The maximum absolute atomic E-state index is 15.0. The minimum Gasteiger partial charge on any atom is -0.453 e. The first-order valence-electron chi connectivity index (χ1n) is 21.8. The maximum atomic E-state index is 15.0. The number of ether oxygens (including phenoxy) is 2. The normalized spacial score (nSPS) is 21.1. The van der Waals surface area contributed by atoms with E-state index in [9.17, 15) is 28.0 Å². The Morgan fingerprint density at radius 1 is 0.635 bits per heavy atom. The molecule has 63 heavy (non-hydrogen) atoms. The number of fused-ring (bicyclic) bond motifs is 2. The van der Waals surface area contributed by atoms with E-state index in [0.29, 0.717) is 56.1 Å². The van der Waals surface area contributed by atoms with E-state index in [1.54, 1.807) is 15.9 Å². The van der Waals surface area contributed by atoms with Gasteiger partial charge in [-0.3, -0.25) is 9.59 Å². The van der Waals surface area contributed by atoms with Crippen molar-refractivity contribution < 1.29 is 37.4 Å². The highest BCUT2D eigenvalue weighted by molar-refractivity contribution is 5.87. The number of methoxy groups -OCH3 is 2. The summed E-state index contributed by atoms with van der Waals surface area (Å²) < 4.78 is 39.0. The second kappa shape index (κ2) is 17.8. The Morgan fingerprint density at radius 3 is 1.70 bits per heavy atom. The molecule has 2 aromatic heterocycles. The molecule has 0 saturated carbocycles. The van der Waals surface area contributed by atoms with Crippen LogP contribution < -0.4 is 15.5 Å². The molecule has 334 valence electrons. The lowest BCUT2D eigenvalue weighted by Gasteiger charge is -2.33. The summed E-state index contributed by atoms with van der Waals surface area (Å²) in [7, 11) is 2.54. The number of imidazole rings is 2. The Labute approximate surface area is 364 Å². The minimum atomic E-state index is -0.938. The SMILES string of the molecule is COC(=O)N[C@H](C(=O)N1CCC[C@H]1c1nc2cc([C@H]3CC[C@H](c4ccc5nc([C@@H]6CCCN6C(=O)[C@@H](NC(=O)OC)C(C)C)[nH]c5c4)N3c3ccc(F)c(F)c3)ccc2[nH]1)C(C)C. The van der Waals surface area contributed by atoms with Gasteiger partial charge < -0.3 is 44.8 Å². The van der Waals surface area contributed by atoms with Crippen LogP contribution in [0.3, 0.4) is 0 Å². The van der Waals surface area contributed by atoms with Crippen LogP contribution in [-0.2, 0) is 19.1 Å². The molecule has 17 heteroatoms. The molecule has 0 aliphatic carbocycles. The topological polar surface area (TPSA) is 178 Å². The maximum Gasteiger partial charge on any atom is 0.407 e. The van der Waals surface area contributed by atoms with Crippen LogP contribution in [0.2, 0.25) is 0 Å². The zero-order chi connectivity index (χ0) is 44.7.